The van der Waals surface area contributed by atoms with E-state index in [1.807, 2.05) is 12.1 Å². The monoisotopic (exact) mass is 956 g/mol. The summed E-state index contributed by atoms with van der Waals surface area (Å²) >= 11 is 0. The lowest BCUT2D eigenvalue weighted by atomic mass is 9.93. The van der Waals surface area contributed by atoms with Crippen LogP contribution in [0.1, 0.15) is 0 Å². The number of benzene rings is 11. The third-order valence-corrected chi connectivity index (χ3v) is 15.6. The van der Waals surface area contributed by atoms with E-state index in [1.54, 1.807) is 0 Å². The molecule has 0 radical (unpaired) electrons. The summed E-state index contributed by atoms with van der Waals surface area (Å²) < 4.78 is 16.1. The average Bonchev–Trinajstić information content (AvgIpc) is 4.30. The van der Waals surface area contributed by atoms with Crippen molar-refractivity contribution < 1.29 is 4.42 Å². The van der Waals surface area contributed by atoms with Crippen molar-refractivity contribution in [2.45, 2.75) is 0 Å². The molecule has 0 amide bonds. The highest BCUT2D eigenvalue weighted by Gasteiger charge is 2.27. The topological polar surface area (TPSA) is 32.9 Å². The van der Waals surface area contributed by atoms with E-state index < -0.39 is 0 Å². The van der Waals surface area contributed by atoms with E-state index in [-0.39, 0.29) is 0 Å². The van der Waals surface area contributed by atoms with Gasteiger partial charge in [0.1, 0.15) is 22.5 Å². The Kier molecular flexibility index (Phi) is 8.97. The van der Waals surface area contributed by atoms with Crippen LogP contribution in [0, 0.1) is 0 Å². The van der Waals surface area contributed by atoms with Crippen molar-refractivity contribution in [1.82, 2.24) is 18.3 Å². The van der Waals surface area contributed by atoms with Gasteiger partial charge in [0.05, 0.1) is 22.1 Å². The summed E-state index contributed by atoms with van der Waals surface area (Å²) in [5.41, 5.74) is 20.2. The second kappa shape index (κ2) is 16.2. The Morgan fingerprint density at radius 3 is 1.32 bits per heavy atom. The summed E-state index contributed by atoms with van der Waals surface area (Å²) in [6, 6.07) is 96.9. The quantitative estimate of drug-likeness (QED) is 0.157. The van der Waals surface area contributed by atoms with Gasteiger partial charge in [-0.25, -0.2) is 0 Å². The standard InChI is InChI=1S/C70H44N4O/c1-4-19-48(20-5-1)71-60-31-15-12-28-56(60)66-58-41-37-47(44-63(58)74(69(66)71)50-23-8-3-9-24-50)54-30-18-33-62-67(54)68-57-29-13-16-32-61(57)72(70(68)73(62)49-21-6-2-7-22-49)51-39-35-45(36-40-51)52-25-10-11-26-53(52)46-38-42-65-59(43-46)55-27-14-17-34-64(55)75-65/h1-44H. The Balaban J connectivity index is 0.918. The minimum absolute atomic E-state index is 0.899. The maximum absolute atomic E-state index is 6.22. The molecule has 16 rings (SSSR count). The summed E-state index contributed by atoms with van der Waals surface area (Å²) in [5.74, 6) is 0. The predicted octanol–water partition coefficient (Wildman–Crippen LogP) is 18.7. The molecular formula is C70H44N4O. The third-order valence-electron chi connectivity index (χ3n) is 15.6. The summed E-state index contributed by atoms with van der Waals surface area (Å²) in [4.78, 5) is 0. The van der Waals surface area contributed by atoms with Crippen LogP contribution in [0.5, 0.6) is 0 Å². The minimum atomic E-state index is 0.899. The summed E-state index contributed by atoms with van der Waals surface area (Å²) in [5, 5.41) is 9.61. The first-order chi connectivity index (χ1) is 37.2. The molecule has 0 spiro atoms. The minimum Gasteiger partial charge on any atom is -0.456 e. The van der Waals surface area contributed by atoms with Gasteiger partial charge in [-0.3, -0.25) is 18.3 Å². The normalized spacial score (nSPS) is 12.0. The van der Waals surface area contributed by atoms with Gasteiger partial charge in [-0.2, -0.15) is 0 Å². The number of furan rings is 1. The molecule has 0 aliphatic heterocycles. The Labute approximate surface area is 431 Å². The van der Waals surface area contributed by atoms with Crippen LogP contribution in [0.25, 0.3) is 144 Å². The molecule has 0 unspecified atom stereocenters. The van der Waals surface area contributed by atoms with E-state index in [9.17, 15) is 0 Å². The van der Waals surface area contributed by atoms with Gasteiger partial charge in [0, 0.05) is 65.8 Å². The van der Waals surface area contributed by atoms with Crippen molar-refractivity contribution in [2.75, 3.05) is 0 Å². The number of para-hydroxylation sites is 6. The Bertz CT molecular complexity index is 4910. The van der Waals surface area contributed by atoms with Crippen molar-refractivity contribution in [3.63, 3.8) is 0 Å². The number of nitrogens with zero attached hydrogens (tertiary/aromatic N) is 4. The van der Waals surface area contributed by atoms with Gasteiger partial charge in [-0.05, 0) is 124 Å². The first kappa shape index (κ1) is 41.5. The van der Waals surface area contributed by atoms with Crippen LogP contribution in [-0.4, -0.2) is 18.3 Å². The largest absolute Gasteiger partial charge is 0.456 e. The van der Waals surface area contributed by atoms with Crippen molar-refractivity contribution in [2.24, 2.45) is 0 Å². The molecule has 5 nitrogen and oxygen atoms in total. The Morgan fingerprint density at radius 2 is 0.653 bits per heavy atom. The molecule has 0 N–H and O–H groups in total. The molecule has 5 heterocycles. The zero-order valence-electron chi connectivity index (χ0n) is 40.6. The molecule has 11 aromatic carbocycles. The number of hydrogen-bond donors (Lipinski definition) is 0. The third kappa shape index (κ3) is 6.13. The molecule has 0 saturated carbocycles. The summed E-state index contributed by atoms with van der Waals surface area (Å²) in [7, 11) is 0. The van der Waals surface area contributed by atoms with Gasteiger partial charge in [0.25, 0.3) is 0 Å². The van der Waals surface area contributed by atoms with Crippen molar-refractivity contribution >= 4 is 87.6 Å². The van der Waals surface area contributed by atoms with Crippen LogP contribution >= 0.6 is 0 Å². The van der Waals surface area contributed by atoms with Crippen LogP contribution in [0.15, 0.2) is 271 Å². The van der Waals surface area contributed by atoms with Crippen LogP contribution in [0.3, 0.4) is 0 Å². The summed E-state index contributed by atoms with van der Waals surface area (Å²) in [6.45, 7) is 0. The molecule has 5 aromatic heterocycles. The number of hydrogen-bond acceptors (Lipinski definition) is 1. The van der Waals surface area contributed by atoms with Gasteiger partial charge in [-0.15, -0.1) is 0 Å². The van der Waals surface area contributed by atoms with Gasteiger partial charge in [0.15, 0.2) is 0 Å². The van der Waals surface area contributed by atoms with Crippen molar-refractivity contribution in [3.05, 3.63) is 267 Å². The van der Waals surface area contributed by atoms with Crippen molar-refractivity contribution in [1.29, 1.82) is 0 Å². The summed E-state index contributed by atoms with van der Waals surface area (Å²) in [6.07, 6.45) is 0. The van der Waals surface area contributed by atoms with Crippen LogP contribution in [0.2, 0.25) is 0 Å². The molecule has 350 valence electrons. The number of aromatic nitrogens is 4. The number of fused-ring (bicyclic) bond motifs is 13. The molecular weight excluding hydrogens is 913 g/mol. The SMILES string of the molecule is c1ccc(-n2c3ccccc3c3c4ccc(-c5cccc6c5c5c7ccccc7n(-c7ccc(-c8ccccc8-c8ccc9oc%10ccccc%10c9c8)cc7)c5n6-c5ccccc5)cc4n(-c4ccccc4)c32)cc1. The van der Waals surface area contributed by atoms with Gasteiger partial charge in [-0.1, -0.05) is 176 Å². The zero-order chi connectivity index (χ0) is 49.1. The first-order valence-corrected chi connectivity index (χ1v) is 25.7. The maximum Gasteiger partial charge on any atom is 0.135 e. The molecule has 0 bridgehead atoms. The number of rotatable bonds is 7. The zero-order valence-corrected chi connectivity index (χ0v) is 40.6. The van der Waals surface area contributed by atoms with Gasteiger partial charge < -0.3 is 4.42 Å². The molecule has 75 heavy (non-hydrogen) atoms. The fraction of sp³-hybridized carbons (Fsp3) is 0. The Morgan fingerprint density at radius 1 is 0.227 bits per heavy atom. The van der Waals surface area contributed by atoms with Gasteiger partial charge >= 0.3 is 0 Å². The lowest BCUT2D eigenvalue weighted by Crippen LogP contribution is -2.01. The maximum atomic E-state index is 6.22. The molecule has 5 heteroatoms. The van der Waals surface area contributed by atoms with E-state index in [4.69, 9.17) is 4.42 Å². The predicted molar refractivity (Wildman–Crippen MR) is 312 cm³/mol. The molecule has 0 saturated heterocycles. The fourth-order valence-corrected chi connectivity index (χ4v) is 12.4. The molecule has 0 aliphatic rings. The van der Waals surface area contributed by atoms with Crippen LogP contribution < -0.4 is 0 Å². The van der Waals surface area contributed by atoms with E-state index in [1.165, 1.54) is 54.5 Å². The highest BCUT2D eigenvalue weighted by Crippen LogP contribution is 2.47. The highest BCUT2D eigenvalue weighted by atomic mass is 16.3. The molecule has 0 atom stereocenters. The average molecular weight is 957 g/mol. The van der Waals surface area contributed by atoms with Crippen LogP contribution in [-0.2, 0) is 0 Å². The van der Waals surface area contributed by atoms with E-state index in [2.05, 4.69) is 273 Å². The molecule has 0 aliphatic carbocycles. The lowest BCUT2D eigenvalue weighted by molar-refractivity contribution is 0.669. The van der Waals surface area contributed by atoms with E-state index in [0.717, 1.165) is 89.2 Å². The Hall–Kier alpha value is -10.1. The van der Waals surface area contributed by atoms with Crippen molar-refractivity contribution in [3.8, 4) is 56.1 Å². The molecule has 0 fully saturated rings. The molecule has 16 aromatic rings. The highest BCUT2D eigenvalue weighted by molar-refractivity contribution is 6.27. The van der Waals surface area contributed by atoms with E-state index >= 15 is 0 Å². The first-order valence-electron chi connectivity index (χ1n) is 25.7. The fourth-order valence-electron chi connectivity index (χ4n) is 12.4. The lowest BCUT2D eigenvalue weighted by Gasteiger charge is -2.15. The smallest absolute Gasteiger partial charge is 0.135 e. The van der Waals surface area contributed by atoms with Crippen LogP contribution in [0.4, 0.5) is 0 Å². The second-order valence-electron chi connectivity index (χ2n) is 19.6. The second-order valence-corrected chi connectivity index (χ2v) is 19.6. The van der Waals surface area contributed by atoms with E-state index in [0.29, 0.717) is 0 Å². The van der Waals surface area contributed by atoms with Gasteiger partial charge in [0.2, 0.25) is 0 Å².